The van der Waals surface area contributed by atoms with Crippen molar-refractivity contribution in [2.24, 2.45) is 0 Å². The molecule has 1 spiro atoms. The van der Waals surface area contributed by atoms with E-state index >= 15 is 0 Å². The van der Waals surface area contributed by atoms with Crippen molar-refractivity contribution in [2.45, 2.75) is 18.6 Å². The summed E-state index contributed by atoms with van der Waals surface area (Å²) in [5.41, 5.74) is 2.51. The van der Waals surface area contributed by atoms with Gasteiger partial charge in [-0.25, -0.2) is 9.97 Å². The molecule has 2 fully saturated rings. The molecule has 0 bridgehead atoms. The molecule has 2 saturated heterocycles. The van der Waals surface area contributed by atoms with E-state index in [1.807, 2.05) is 30.3 Å². The van der Waals surface area contributed by atoms with Crippen molar-refractivity contribution in [3.63, 3.8) is 0 Å². The lowest BCUT2D eigenvalue weighted by atomic mass is 10.0. The largest absolute Gasteiger partial charge is 0.355 e. The van der Waals surface area contributed by atoms with E-state index in [1.165, 1.54) is 4.40 Å². The minimum absolute atomic E-state index is 0.238. The smallest absolute Gasteiger partial charge is 0.267 e. The van der Waals surface area contributed by atoms with Crippen LogP contribution in [-0.2, 0) is 9.47 Å². The number of ether oxygens (including phenoxy) is 2. The van der Waals surface area contributed by atoms with Crippen molar-refractivity contribution in [2.75, 3.05) is 31.2 Å². The molecule has 2 aliphatic rings. The molecule has 1 aromatic carbocycles. The van der Waals surface area contributed by atoms with Gasteiger partial charge in [0.1, 0.15) is 23.4 Å². The number of allylic oxidation sites excluding steroid dienone is 1. The van der Waals surface area contributed by atoms with Crippen molar-refractivity contribution >= 4 is 34.1 Å². The summed E-state index contributed by atoms with van der Waals surface area (Å²) in [6, 6.07) is 15.2. The summed E-state index contributed by atoms with van der Waals surface area (Å²) in [4.78, 5) is 28.2. The highest BCUT2D eigenvalue weighted by atomic mass is 16.7. The van der Waals surface area contributed by atoms with E-state index in [1.54, 1.807) is 24.4 Å². The third kappa shape index (κ3) is 3.44. The summed E-state index contributed by atoms with van der Waals surface area (Å²) < 4.78 is 13.2. The molecular formula is C25H22N6O3. The quantitative estimate of drug-likeness (QED) is 0.474. The molecule has 34 heavy (non-hydrogen) atoms. The number of fused-ring (bicyclic) bond motifs is 2. The number of pyridine rings is 1. The third-order valence-corrected chi connectivity index (χ3v) is 6.44. The molecule has 0 unspecified atom stereocenters. The highest BCUT2D eigenvalue weighted by molar-refractivity contribution is 5.92. The van der Waals surface area contributed by atoms with Gasteiger partial charge in [0.15, 0.2) is 5.79 Å². The van der Waals surface area contributed by atoms with E-state index in [4.69, 9.17) is 14.5 Å². The molecule has 9 nitrogen and oxygen atoms in total. The number of rotatable bonds is 3. The number of hydrogen-bond donors (Lipinski definition) is 1. The van der Waals surface area contributed by atoms with Gasteiger partial charge in [-0.05, 0) is 30.3 Å². The van der Waals surface area contributed by atoms with Crippen LogP contribution in [0.25, 0.3) is 28.3 Å². The SMILES string of the molecule is N#C/C(=C/c1c(N2CCC3(CC2)OCCO3)nc2ccccn2c1=O)c1nc2ccccc2[nH]1. The van der Waals surface area contributed by atoms with Gasteiger partial charge in [0.25, 0.3) is 5.56 Å². The topological polar surface area (TPSA) is 109 Å². The van der Waals surface area contributed by atoms with Gasteiger partial charge in [-0.2, -0.15) is 5.26 Å². The van der Waals surface area contributed by atoms with Gasteiger partial charge in [-0.15, -0.1) is 0 Å². The van der Waals surface area contributed by atoms with Gasteiger partial charge < -0.3 is 19.4 Å². The molecule has 9 heteroatoms. The van der Waals surface area contributed by atoms with Crippen LogP contribution in [0.1, 0.15) is 24.2 Å². The lowest BCUT2D eigenvalue weighted by molar-refractivity contribution is -0.169. The van der Waals surface area contributed by atoms with Gasteiger partial charge in [-0.1, -0.05) is 18.2 Å². The molecule has 6 rings (SSSR count). The van der Waals surface area contributed by atoms with Crippen LogP contribution in [0.2, 0.25) is 0 Å². The van der Waals surface area contributed by atoms with Crippen LogP contribution in [0.15, 0.2) is 53.5 Å². The van der Waals surface area contributed by atoms with Gasteiger partial charge in [0, 0.05) is 32.1 Å². The highest BCUT2D eigenvalue weighted by Gasteiger charge is 2.40. The van der Waals surface area contributed by atoms with E-state index in [2.05, 4.69) is 20.9 Å². The number of aromatic nitrogens is 4. The molecule has 1 N–H and O–H groups in total. The summed E-state index contributed by atoms with van der Waals surface area (Å²) in [5, 5.41) is 9.96. The first kappa shape index (κ1) is 20.6. The van der Waals surface area contributed by atoms with Crippen LogP contribution in [0, 0.1) is 11.3 Å². The number of imidazole rings is 1. The summed E-state index contributed by atoms with van der Waals surface area (Å²) in [6.45, 7) is 2.46. The Balaban J connectivity index is 1.47. The predicted molar refractivity (Wildman–Crippen MR) is 127 cm³/mol. The second-order valence-corrected chi connectivity index (χ2v) is 8.45. The highest BCUT2D eigenvalue weighted by Crippen LogP contribution is 2.34. The van der Waals surface area contributed by atoms with Crippen molar-refractivity contribution < 1.29 is 9.47 Å². The van der Waals surface area contributed by atoms with E-state index in [0.717, 1.165) is 11.0 Å². The van der Waals surface area contributed by atoms with Crippen LogP contribution < -0.4 is 10.5 Å². The number of aromatic amines is 1. The van der Waals surface area contributed by atoms with Gasteiger partial charge in [0.2, 0.25) is 0 Å². The van der Waals surface area contributed by atoms with Crippen molar-refractivity contribution in [3.8, 4) is 6.07 Å². The Morgan fingerprint density at radius 3 is 2.62 bits per heavy atom. The van der Waals surface area contributed by atoms with Crippen LogP contribution in [0.4, 0.5) is 5.82 Å². The number of benzene rings is 1. The Bertz CT molecular complexity index is 1480. The number of H-pyrrole nitrogens is 1. The Hall–Kier alpha value is -4.00. The normalized spacial score (nSPS) is 18.1. The average Bonchev–Trinajstić information content (AvgIpc) is 3.51. The Morgan fingerprint density at radius 2 is 1.85 bits per heavy atom. The first-order valence-electron chi connectivity index (χ1n) is 11.3. The number of nitriles is 1. The van der Waals surface area contributed by atoms with Gasteiger partial charge in [0.05, 0.1) is 35.4 Å². The van der Waals surface area contributed by atoms with Crippen molar-refractivity contribution in [1.29, 1.82) is 5.26 Å². The zero-order valence-corrected chi connectivity index (χ0v) is 18.4. The molecule has 5 heterocycles. The number of anilines is 1. The fourth-order valence-corrected chi connectivity index (χ4v) is 4.68. The molecule has 3 aromatic heterocycles. The van der Waals surface area contributed by atoms with E-state index in [9.17, 15) is 10.1 Å². The molecule has 4 aromatic rings. The van der Waals surface area contributed by atoms with Crippen molar-refractivity contribution in [3.05, 3.63) is 70.4 Å². The molecule has 2 aliphatic heterocycles. The molecule has 0 radical (unpaired) electrons. The second-order valence-electron chi connectivity index (χ2n) is 8.45. The number of hydrogen-bond acceptors (Lipinski definition) is 7. The van der Waals surface area contributed by atoms with E-state index in [-0.39, 0.29) is 11.1 Å². The fraction of sp³-hybridized carbons (Fsp3) is 0.280. The number of nitrogens with one attached hydrogen (secondary N) is 1. The molecule has 0 amide bonds. The van der Waals surface area contributed by atoms with Crippen LogP contribution in [0.5, 0.6) is 0 Å². The Morgan fingerprint density at radius 1 is 1.09 bits per heavy atom. The van der Waals surface area contributed by atoms with Gasteiger partial charge >= 0.3 is 0 Å². The molecule has 0 aliphatic carbocycles. The van der Waals surface area contributed by atoms with E-state index in [0.29, 0.717) is 62.0 Å². The molecule has 170 valence electrons. The Labute approximate surface area is 194 Å². The van der Waals surface area contributed by atoms with Crippen molar-refractivity contribution in [1.82, 2.24) is 19.4 Å². The maximum atomic E-state index is 13.6. The summed E-state index contributed by atoms with van der Waals surface area (Å²) in [5.74, 6) is 0.426. The minimum Gasteiger partial charge on any atom is -0.355 e. The van der Waals surface area contributed by atoms with Crippen LogP contribution in [0.3, 0.4) is 0 Å². The van der Waals surface area contributed by atoms with Crippen LogP contribution in [-0.4, -0.2) is 51.4 Å². The molecule has 0 atom stereocenters. The number of piperidine rings is 1. The maximum absolute atomic E-state index is 13.6. The standard InChI is InChI=1S/C25H22N6O3/c26-16-17(22-27-19-5-1-2-6-20(19)28-22)15-18-23(29-21-7-3-4-10-31(21)24(18)32)30-11-8-25(9-12-30)33-13-14-34-25/h1-7,10,15H,8-9,11-14H2,(H,27,28)/b17-15-. The second kappa shape index (κ2) is 8.09. The number of para-hydroxylation sites is 2. The lowest BCUT2D eigenvalue weighted by Gasteiger charge is -2.38. The monoisotopic (exact) mass is 454 g/mol. The predicted octanol–water partition coefficient (Wildman–Crippen LogP) is 2.98. The minimum atomic E-state index is -0.537. The third-order valence-electron chi connectivity index (χ3n) is 6.44. The average molecular weight is 454 g/mol. The Kier molecular flexibility index (Phi) is 4.90. The summed E-state index contributed by atoms with van der Waals surface area (Å²) >= 11 is 0. The number of nitrogens with zero attached hydrogens (tertiary/aromatic N) is 5. The van der Waals surface area contributed by atoms with Crippen LogP contribution >= 0.6 is 0 Å². The lowest BCUT2D eigenvalue weighted by Crippen LogP contribution is -2.46. The molecular weight excluding hydrogens is 432 g/mol. The maximum Gasteiger partial charge on any atom is 0.267 e. The zero-order valence-electron chi connectivity index (χ0n) is 18.4. The summed E-state index contributed by atoms with van der Waals surface area (Å²) in [6.07, 6.45) is 4.64. The summed E-state index contributed by atoms with van der Waals surface area (Å²) in [7, 11) is 0. The first-order valence-corrected chi connectivity index (χ1v) is 11.3. The molecule has 0 saturated carbocycles. The first-order chi connectivity index (χ1) is 16.7. The zero-order chi connectivity index (χ0) is 23.1. The van der Waals surface area contributed by atoms with Gasteiger partial charge in [-0.3, -0.25) is 9.20 Å². The van der Waals surface area contributed by atoms with E-state index < -0.39 is 5.79 Å². The fourth-order valence-electron chi connectivity index (χ4n) is 4.68.